The summed E-state index contributed by atoms with van der Waals surface area (Å²) in [5, 5.41) is -0.0785. The van der Waals surface area contributed by atoms with E-state index in [0.29, 0.717) is 13.1 Å². The summed E-state index contributed by atoms with van der Waals surface area (Å²) < 4.78 is 13.7. The van der Waals surface area contributed by atoms with E-state index in [-0.39, 0.29) is 21.9 Å². The number of rotatable bonds is 1. The van der Waals surface area contributed by atoms with Gasteiger partial charge in [-0.25, -0.2) is 4.39 Å². The number of carbonyl (C=O) groups is 1. The summed E-state index contributed by atoms with van der Waals surface area (Å²) in [5.74, 6) is -0.994. The quantitative estimate of drug-likeness (QED) is 0.720. The molecular weight excluding hydrogens is 264 g/mol. The molecule has 0 saturated carbocycles. The highest BCUT2D eigenvalue weighted by molar-refractivity contribution is 6.31. The molecule has 0 N–H and O–H groups in total. The lowest BCUT2D eigenvalue weighted by molar-refractivity contribution is 0.0722. The number of amides is 1. The summed E-state index contributed by atoms with van der Waals surface area (Å²) >= 11 is 11.7. The van der Waals surface area contributed by atoms with Crippen LogP contribution < -0.4 is 0 Å². The molecule has 1 aromatic carbocycles. The van der Waals surface area contributed by atoms with Crippen molar-refractivity contribution >= 4 is 29.1 Å². The standard InChI is InChI=1S/C12H12Cl2FNO/c13-8-3-2-6-16(7-8)12(17)9-4-1-5-10(14)11(9)15/h1,4-5,8H,2-3,6-7H2. The maximum Gasteiger partial charge on any atom is 0.256 e. The van der Waals surface area contributed by atoms with Crippen molar-refractivity contribution in [2.75, 3.05) is 13.1 Å². The second-order valence-corrected chi connectivity index (χ2v) is 5.12. The van der Waals surface area contributed by atoms with Crippen LogP contribution in [0.25, 0.3) is 0 Å². The fourth-order valence-corrected chi connectivity index (χ4v) is 2.44. The molecule has 1 heterocycles. The Bertz CT molecular complexity index is 439. The molecule has 5 heteroatoms. The molecule has 0 spiro atoms. The summed E-state index contributed by atoms with van der Waals surface area (Å²) in [6.45, 7) is 1.08. The van der Waals surface area contributed by atoms with E-state index >= 15 is 0 Å². The molecule has 0 aliphatic carbocycles. The van der Waals surface area contributed by atoms with Crippen LogP contribution >= 0.6 is 23.2 Å². The number of hydrogen-bond acceptors (Lipinski definition) is 1. The van der Waals surface area contributed by atoms with Crippen molar-refractivity contribution in [3.8, 4) is 0 Å². The van der Waals surface area contributed by atoms with Gasteiger partial charge >= 0.3 is 0 Å². The molecule has 2 rings (SSSR count). The molecule has 92 valence electrons. The van der Waals surface area contributed by atoms with Crippen LogP contribution in [0.2, 0.25) is 5.02 Å². The lowest BCUT2D eigenvalue weighted by Gasteiger charge is -2.30. The average molecular weight is 276 g/mol. The normalized spacial score (nSPS) is 20.4. The predicted molar refractivity (Wildman–Crippen MR) is 66.2 cm³/mol. The van der Waals surface area contributed by atoms with E-state index in [1.54, 1.807) is 11.0 Å². The Kier molecular flexibility index (Phi) is 3.89. The molecule has 1 aliphatic heterocycles. The van der Waals surface area contributed by atoms with Gasteiger partial charge < -0.3 is 4.90 Å². The number of halogens is 3. The number of nitrogens with zero attached hydrogens (tertiary/aromatic N) is 1. The molecule has 1 fully saturated rings. The van der Waals surface area contributed by atoms with Crippen LogP contribution in [0, 0.1) is 5.82 Å². The van der Waals surface area contributed by atoms with Gasteiger partial charge in [-0.3, -0.25) is 4.79 Å². The van der Waals surface area contributed by atoms with Gasteiger partial charge in [0.25, 0.3) is 5.91 Å². The van der Waals surface area contributed by atoms with Crippen molar-refractivity contribution in [2.24, 2.45) is 0 Å². The zero-order valence-corrected chi connectivity index (χ0v) is 10.6. The molecule has 1 saturated heterocycles. The Morgan fingerprint density at radius 1 is 1.47 bits per heavy atom. The number of piperidine rings is 1. The Hall–Kier alpha value is -0.800. The molecule has 0 radical (unpaired) electrons. The van der Waals surface area contributed by atoms with Crippen molar-refractivity contribution < 1.29 is 9.18 Å². The number of carbonyl (C=O) groups excluding carboxylic acids is 1. The van der Waals surface area contributed by atoms with Crippen molar-refractivity contribution in [2.45, 2.75) is 18.2 Å². The first-order valence-electron chi connectivity index (χ1n) is 5.47. The third-order valence-corrected chi connectivity index (χ3v) is 3.48. The minimum absolute atomic E-state index is 0.0169. The summed E-state index contributed by atoms with van der Waals surface area (Å²) in [4.78, 5) is 13.7. The highest BCUT2D eigenvalue weighted by Crippen LogP contribution is 2.22. The van der Waals surface area contributed by atoms with Gasteiger partial charge in [-0.05, 0) is 25.0 Å². The zero-order valence-electron chi connectivity index (χ0n) is 9.13. The highest BCUT2D eigenvalue weighted by Gasteiger charge is 2.25. The molecule has 1 aromatic rings. The summed E-state index contributed by atoms with van der Waals surface area (Å²) in [6, 6.07) is 4.44. The van der Waals surface area contributed by atoms with Gasteiger partial charge in [0.05, 0.1) is 16.0 Å². The summed E-state index contributed by atoms with van der Waals surface area (Å²) in [7, 11) is 0. The lowest BCUT2D eigenvalue weighted by Crippen LogP contribution is -2.40. The molecule has 1 amide bonds. The smallest absolute Gasteiger partial charge is 0.256 e. The van der Waals surface area contributed by atoms with Crippen molar-refractivity contribution in [3.05, 3.63) is 34.6 Å². The number of hydrogen-bond donors (Lipinski definition) is 0. The molecule has 1 aliphatic rings. The Morgan fingerprint density at radius 2 is 2.24 bits per heavy atom. The molecular formula is C12H12Cl2FNO. The van der Waals surface area contributed by atoms with Crippen LogP contribution in [0.5, 0.6) is 0 Å². The molecule has 0 bridgehead atoms. The Labute approximate surface area is 109 Å². The molecule has 1 atom stereocenters. The number of alkyl halides is 1. The van der Waals surface area contributed by atoms with Crippen LogP contribution in [0.15, 0.2) is 18.2 Å². The summed E-state index contributed by atoms with van der Waals surface area (Å²) in [5.41, 5.74) is 0.0169. The van der Waals surface area contributed by atoms with Gasteiger partial charge in [-0.1, -0.05) is 17.7 Å². The first-order valence-corrected chi connectivity index (χ1v) is 6.28. The third-order valence-electron chi connectivity index (χ3n) is 2.83. The zero-order chi connectivity index (χ0) is 12.4. The second kappa shape index (κ2) is 5.23. The minimum Gasteiger partial charge on any atom is -0.337 e. The topological polar surface area (TPSA) is 20.3 Å². The van der Waals surface area contributed by atoms with Gasteiger partial charge in [-0.15, -0.1) is 11.6 Å². The lowest BCUT2D eigenvalue weighted by atomic mass is 10.1. The monoisotopic (exact) mass is 275 g/mol. The first-order chi connectivity index (χ1) is 8.09. The van der Waals surface area contributed by atoms with Crippen LogP contribution in [-0.4, -0.2) is 29.3 Å². The van der Waals surface area contributed by atoms with Crippen molar-refractivity contribution in [1.82, 2.24) is 4.90 Å². The fourth-order valence-electron chi connectivity index (χ4n) is 1.95. The fraction of sp³-hybridized carbons (Fsp3) is 0.417. The minimum atomic E-state index is -0.657. The maximum atomic E-state index is 13.7. The van der Waals surface area contributed by atoms with Crippen molar-refractivity contribution in [1.29, 1.82) is 0 Å². The van der Waals surface area contributed by atoms with Gasteiger partial charge in [-0.2, -0.15) is 0 Å². The van der Waals surface area contributed by atoms with Crippen LogP contribution in [0.3, 0.4) is 0 Å². The van der Waals surface area contributed by atoms with Gasteiger partial charge in [0.1, 0.15) is 0 Å². The molecule has 1 unspecified atom stereocenters. The Balaban J connectivity index is 2.22. The number of likely N-dealkylation sites (tertiary alicyclic amines) is 1. The maximum absolute atomic E-state index is 13.7. The van der Waals surface area contributed by atoms with E-state index in [9.17, 15) is 9.18 Å². The van der Waals surface area contributed by atoms with Crippen LogP contribution in [-0.2, 0) is 0 Å². The average Bonchev–Trinajstić information content (AvgIpc) is 2.32. The van der Waals surface area contributed by atoms with Crippen LogP contribution in [0.4, 0.5) is 4.39 Å². The predicted octanol–water partition coefficient (Wildman–Crippen LogP) is 3.32. The molecule has 2 nitrogen and oxygen atoms in total. The SMILES string of the molecule is O=C(c1cccc(Cl)c1F)N1CCCC(Cl)C1. The van der Waals surface area contributed by atoms with E-state index in [2.05, 4.69) is 0 Å². The third kappa shape index (κ3) is 2.72. The van der Waals surface area contributed by atoms with E-state index in [0.717, 1.165) is 12.8 Å². The highest BCUT2D eigenvalue weighted by atomic mass is 35.5. The van der Waals surface area contributed by atoms with Gasteiger partial charge in [0.15, 0.2) is 5.82 Å². The number of benzene rings is 1. The first kappa shape index (κ1) is 12.7. The van der Waals surface area contributed by atoms with E-state index in [4.69, 9.17) is 23.2 Å². The van der Waals surface area contributed by atoms with E-state index in [1.807, 2.05) is 0 Å². The Morgan fingerprint density at radius 3 is 2.94 bits per heavy atom. The van der Waals surface area contributed by atoms with E-state index < -0.39 is 5.82 Å². The van der Waals surface area contributed by atoms with Crippen LogP contribution in [0.1, 0.15) is 23.2 Å². The molecule has 0 aromatic heterocycles. The van der Waals surface area contributed by atoms with Gasteiger partial charge in [0.2, 0.25) is 0 Å². The molecule has 17 heavy (non-hydrogen) atoms. The van der Waals surface area contributed by atoms with Gasteiger partial charge in [0, 0.05) is 13.1 Å². The second-order valence-electron chi connectivity index (χ2n) is 4.09. The van der Waals surface area contributed by atoms with E-state index in [1.165, 1.54) is 12.1 Å². The largest absolute Gasteiger partial charge is 0.337 e. The summed E-state index contributed by atoms with van der Waals surface area (Å²) in [6.07, 6.45) is 1.74. The van der Waals surface area contributed by atoms with Crippen molar-refractivity contribution in [3.63, 3.8) is 0 Å².